The van der Waals surface area contributed by atoms with Crippen LogP contribution in [-0.2, 0) is 28.5 Å². The first-order chi connectivity index (χ1) is 28.8. The summed E-state index contributed by atoms with van der Waals surface area (Å²) in [5.41, 5.74) is 0. The van der Waals surface area contributed by atoms with Gasteiger partial charge in [0.1, 0.15) is 31.0 Å². The summed E-state index contributed by atoms with van der Waals surface area (Å²) in [7, 11) is 0. The molecule has 2 unspecified atom stereocenters. The standard InChI is InChI=1S/C49H94O10/c1-3-5-7-9-11-13-15-17-19-21-23-25-27-29-31-33-35-37-44(52)56-40-42(41-57-49-47(55)46(54)48(59-49)43(51)39-50)58-45(53)38-36-34-32-30-28-26-24-22-20-18-16-14-12-10-8-6-4-2/h42-43,46-51,54-55H,3-41H2,1-2H3/t42?,43?,46-,47-,48+,49-/m1/s1. The molecule has 59 heavy (non-hydrogen) atoms. The maximum absolute atomic E-state index is 12.8. The van der Waals surface area contributed by atoms with Crippen molar-refractivity contribution in [3.63, 3.8) is 0 Å². The van der Waals surface area contributed by atoms with Gasteiger partial charge in [-0.15, -0.1) is 0 Å². The molecule has 0 aromatic carbocycles. The Balaban J connectivity index is 2.25. The van der Waals surface area contributed by atoms with Crippen LogP contribution in [0.5, 0.6) is 0 Å². The molecule has 1 aliphatic heterocycles. The van der Waals surface area contributed by atoms with Crippen LogP contribution in [0.2, 0.25) is 0 Å². The van der Waals surface area contributed by atoms with Crippen LogP contribution in [0.25, 0.3) is 0 Å². The predicted molar refractivity (Wildman–Crippen MR) is 238 cm³/mol. The molecule has 0 saturated carbocycles. The van der Waals surface area contributed by atoms with E-state index in [9.17, 15) is 30.0 Å². The van der Waals surface area contributed by atoms with Crippen molar-refractivity contribution in [2.24, 2.45) is 0 Å². The first kappa shape index (κ1) is 55.7. The number of aliphatic hydroxyl groups excluding tert-OH is 4. The van der Waals surface area contributed by atoms with E-state index in [0.29, 0.717) is 6.42 Å². The Labute approximate surface area is 361 Å². The summed E-state index contributed by atoms with van der Waals surface area (Å²) in [5, 5.41) is 39.8. The largest absolute Gasteiger partial charge is 0.462 e. The van der Waals surface area contributed by atoms with Gasteiger partial charge in [-0.05, 0) is 12.8 Å². The maximum atomic E-state index is 12.8. The number of esters is 2. The number of carbonyl (C=O) groups excluding carboxylic acids is 2. The molecule has 6 atom stereocenters. The highest BCUT2D eigenvalue weighted by Crippen LogP contribution is 2.25. The van der Waals surface area contributed by atoms with E-state index in [1.54, 1.807) is 0 Å². The van der Waals surface area contributed by atoms with Crippen molar-refractivity contribution in [3.05, 3.63) is 0 Å². The molecule has 0 aromatic rings. The molecule has 10 heteroatoms. The zero-order chi connectivity index (χ0) is 43.0. The Bertz CT molecular complexity index is 934. The van der Waals surface area contributed by atoms with Crippen LogP contribution in [0.1, 0.15) is 245 Å². The van der Waals surface area contributed by atoms with Crippen LogP contribution < -0.4 is 0 Å². The normalized spacial score (nSPS) is 18.9. The summed E-state index contributed by atoms with van der Waals surface area (Å²) in [5.74, 6) is -0.774. The van der Waals surface area contributed by atoms with Crippen LogP contribution in [0.15, 0.2) is 0 Å². The van der Waals surface area contributed by atoms with Gasteiger partial charge >= 0.3 is 11.9 Å². The van der Waals surface area contributed by atoms with E-state index in [0.717, 1.165) is 32.1 Å². The van der Waals surface area contributed by atoms with Gasteiger partial charge in [0, 0.05) is 12.8 Å². The Morgan fingerprint density at radius 1 is 0.492 bits per heavy atom. The molecule has 1 aliphatic rings. The van der Waals surface area contributed by atoms with E-state index in [4.69, 9.17) is 18.9 Å². The lowest BCUT2D eigenvalue weighted by molar-refractivity contribution is -0.200. The third kappa shape index (κ3) is 32.1. The molecule has 0 radical (unpaired) electrons. The molecule has 350 valence electrons. The highest BCUT2D eigenvalue weighted by atomic mass is 16.7. The number of unbranched alkanes of at least 4 members (excludes halogenated alkanes) is 32. The van der Waals surface area contributed by atoms with Gasteiger partial charge in [-0.3, -0.25) is 9.59 Å². The molecule has 4 N–H and O–H groups in total. The molecule has 0 aromatic heterocycles. The second-order valence-corrected chi connectivity index (χ2v) is 17.6. The summed E-state index contributed by atoms with van der Waals surface area (Å²) in [6, 6.07) is 0. The molecule has 1 heterocycles. The number of aliphatic hydroxyl groups is 4. The lowest BCUT2D eigenvalue weighted by atomic mass is 10.0. The highest BCUT2D eigenvalue weighted by Gasteiger charge is 2.46. The van der Waals surface area contributed by atoms with Crippen molar-refractivity contribution in [3.8, 4) is 0 Å². The summed E-state index contributed by atoms with van der Waals surface area (Å²) in [6.07, 6.45) is 35.7. The lowest BCUT2D eigenvalue weighted by Crippen LogP contribution is -2.40. The van der Waals surface area contributed by atoms with Crippen molar-refractivity contribution in [1.82, 2.24) is 0 Å². The summed E-state index contributed by atoms with van der Waals surface area (Å²) >= 11 is 0. The van der Waals surface area contributed by atoms with Gasteiger partial charge in [-0.1, -0.05) is 219 Å². The minimum absolute atomic E-state index is 0.198. The quantitative estimate of drug-likeness (QED) is 0.0344. The third-order valence-corrected chi connectivity index (χ3v) is 12.0. The van der Waals surface area contributed by atoms with Crippen LogP contribution in [0.3, 0.4) is 0 Å². The second-order valence-electron chi connectivity index (χ2n) is 17.6. The molecular formula is C49H94O10. The average molecular weight is 843 g/mol. The van der Waals surface area contributed by atoms with Crippen molar-refractivity contribution in [1.29, 1.82) is 0 Å². The first-order valence-corrected chi connectivity index (χ1v) is 25.1. The molecule has 1 saturated heterocycles. The van der Waals surface area contributed by atoms with Gasteiger partial charge in [0.2, 0.25) is 0 Å². The van der Waals surface area contributed by atoms with Crippen LogP contribution >= 0.6 is 0 Å². The van der Waals surface area contributed by atoms with Crippen molar-refractivity contribution < 1.29 is 49.0 Å². The van der Waals surface area contributed by atoms with Gasteiger partial charge in [0.05, 0.1) is 13.2 Å². The van der Waals surface area contributed by atoms with Crippen LogP contribution in [0, 0.1) is 0 Å². The van der Waals surface area contributed by atoms with E-state index in [2.05, 4.69) is 13.8 Å². The van der Waals surface area contributed by atoms with E-state index >= 15 is 0 Å². The van der Waals surface area contributed by atoms with E-state index in [1.165, 1.54) is 180 Å². The summed E-state index contributed by atoms with van der Waals surface area (Å²) < 4.78 is 22.2. The fraction of sp³-hybridized carbons (Fsp3) is 0.959. The number of ether oxygens (including phenoxy) is 4. The summed E-state index contributed by atoms with van der Waals surface area (Å²) in [4.78, 5) is 25.4. The summed E-state index contributed by atoms with van der Waals surface area (Å²) in [6.45, 7) is 3.44. The number of rotatable bonds is 44. The Morgan fingerprint density at radius 3 is 1.19 bits per heavy atom. The SMILES string of the molecule is CCCCCCCCCCCCCCCCCCCC(=O)OCC(CO[C@@H]1O[C@@H](C(O)CO)[C@H](O)[C@H]1O)OC(=O)CCCCCCCCCCCCCCCCCCC. The number of hydrogen-bond donors (Lipinski definition) is 4. The lowest BCUT2D eigenvalue weighted by Gasteiger charge is -2.22. The Hall–Kier alpha value is -1.30. The fourth-order valence-corrected chi connectivity index (χ4v) is 8.04. The first-order valence-electron chi connectivity index (χ1n) is 25.1. The molecular weight excluding hydrogens is 749 g/mol. The zero-order valence-electron chi connectivity index (χ0n) is 38.3. The Kier molecular flexibility index (Phi) is 38.5. The molecule has 0 spiro atoms. The van der Waals surface area contributed by atoms with Crippen molar-refractivity contribution in [2.75, 3.05) is 19.8 Å². The van der Waals surface area contributed by atoms with E-state index in [-0.39, 0.29) is 32.0 Å². The Morgan fingerprint density at radius 2 is 0.831 bits per heavy atom. The monoisotopic (exact) mass is 843 g/mol. The minimum atomic E-state index is -1.48. The number of carbonyl (C=O) groups is 2. The van der Waals surface area contributed by atoms with Crippen LogP contribution in [0.4, 0.5) is 0 Å². The van der Waals surface area contributed by atoms with Gasteiger partial charge in [-0.2, -0.15) is 0 Å². The topological polar surface area (TPSA) is 152 Å². The highest BCUT2D eigenvalue weighted by molar-refractivity contribution is 5.70. The van der Waals surface area contributed by atoms with Gasteiger partial charge in [-0.25, -0.2) is 0 Å². The number of hydrogen-bond acceptors (Lipinski definition) is 10. The van der Waals surface area contributed by atoms with Gasteiger partial charge in [0.15, 0.2) is 12.4 Å². The van der Waals surface area contributed by atoms with E-state index in [1.807, 2.05) is 0 Å². The molecule has 1 rings (SSSR count). The minimum Gasteiger partial charge on any atom is -0.462 e. The fourth-order valence-electron chi connectivity index (χ4n) is 8.04. The molecule has 0 amide bonds. The van der Waals surface area contributed by atoms with E-state index < -0.39 is 49.4 Å². The average Bonchev–Trinajstić information content (AvgIpc) is 3.52. The molecule has 0 bridgehead atoms. The molecule has 1 fully saturated rings. The predicted octanol–water partition coefficient (Wildman–Crippen LogP) is 11.3. The third-order valence-electron chi connectivity index (χ3n) is 12.0. The zero-order valence-corrected chi connectivity index (χ0v) is 38.3. The smallest absolute Gasteiger partial charge is 0.306 e. The maximum Gasteiger partial charge on any atom is 0.306 e. The van der Waals surface area contributed by atoms with Gasteiger partial charge in [0.25, 0.3) is 0 Å². The van der Waals surface area contributed by atoms with Crippen molar-refractivity contribution in [2.45, 2.75) is 282 Å². The molecule has 0 aliphatic carbocycles. The van der Waals surface area contributed by atoms with Crippen LogP contribution in [-0.4, -0.2) is 89.0 Å². The van der Waals surface area contributed by atoms with Gasteiger partial charge < -0.3 is 39.4 Å². The van der Waals surface area contributed by atoms with Crippen molar-refractivity contribution >= 4 is 11.9 Å². The second kappa shape index (κ2) is 40.8. The molecule has 10 nitrogen and oxygen atoms in total.